The standard InChI is InChI=1S/C32H38O8/c1-14(2)24-15(3)22(17(5)33)28(37)32(39)29(38)25-27(36)23-20(16(4)30(25,7)18(6)31(24,32)8)12-10-19(26(23)35)11-13-21(34)40-9/h10-14,16,18,24-25,35,39H,1-9H3/t16-,18-,24+,25?,30-,31-,32+/m0/s1. The van der Waals surface area contributed by atoms with E-state index in [2.05, 4.69) is 4.74 Å². The van der Waals surface area contributed by atoms with Crippen molar-refractivity contribution in [2.24, 2.45) is 34.5 Å². The van der Waals surface area contributed by atoms with Crippen molar-refractivity contribution in [2.75, 3.05) is 7.11 Å². The lowest BCUT2D eigenvalue weighted by Gasteiger charge is -2.66. The Morgan fingerprint density at radius 2 is 1.70 bits per heavy atom. The van der Waals surface area contributed by atoms with Gasteiger partial charge in [0, 0.05) is 17.1 Å². The Bertz CT molecular complexity index is 1430. The van der Waals surface area contributed by atoms with Gasteiger partial charge in [-0.2, -0.15) is 0 Å². The molecule has 8 nitrogen and oxygen atoms in total. The number of aromatic hydroxyl groups is 1. The lowest BCUT2D eigenvalue weighted by molar-refractivity contribution is -0.211. The first-order valence-electron chi connectivity index (χ1n) is 13.6. The van der Waals surface area contributed by atoms with Gasteiger partial charge in [-0.25, -0.2) is 4.79 Å². The predicted molar refractivity (Wildman–Crippen MR) is 147 cm³/mol. The van der Waals surface area contributed by atoms with Crippen LogP contribution in [0.2, 0.25) is 0 Å². The lowest BCUT2D eigenvalue weighted by Crippen LogP contribution is -2.77. The zero-order valence-electron chi connectivity index (χ0n) is 24.5. The zero-order chi connectivity index (χ0) is 30.3. The van der Waals surface area contributed by atoms with Crippen LogP contribution in [0, 0.1) is 34.5 Å². The second kappa shape index (κ2) is 9.33. The average molecular weight is 551 g/mol. The van der Waals surface area contributed by atoms with E-state index in [1.807, 2.05) is 34.6 Å². The molecule has 2 N–H and O–H groups in total. The number of esters is 1. The molecule has 0 bridgehead atoms. The minimum Gasteiger partial charge on any atom is -0.507 e. The molecule has 0 heterocycles. The van der Waals surface area contributed by atoms with Crippen molar-refractivity contribution in [1.29, 1.82) is 0 Å². The number of hydrogen-bond acceptors (Lipinski definition) is 8. The van der Waals surface area contributed by atoms with Gasteiger partial charge in [-0.1, -0.05) is 59.2 Å². The number of allylic oxidation sites excluding steroid dienone is 1. The molecule has 1 unspecified atom stereocenters. The number of methoxy groups -OCH3 is 1. The van der Waals surface area contributed by atoms with E-state index in [0.29, 0.717) is 11.1 Å². The molecule has 1 aromatic rings. The molecule has 0 aromatic heterocycles. The van der Waals surface area contributed by atoms with E-state index in [0.717, 1.165) is 6.08 Å². The molecule has 7 atom stereocenters. The van der Waals surface area contributed by atoms with E-state index in [9.17, 15) is 34.2 Å². The first-order valence-corrected chi connectivity index (χ1v) is 13.6. The zero-order valence-corrected chi connectivity index (χ0v) is 24.5. The molecular formula is C32H38O8. The highest BCUT2D eigenvalue weighted by atomic mass is 16.5. The third kappa shape index (κ3) is 3.38. The van der Waals surface area contributed by atoms with Crippen molar-refractivity contribution < 1.29 is 38.9 Å². The summed E-state index contributed by atoms with van der Waals surface area (Å²) in [7, 11) is 1.21. The van der Waals surface area contributed by atoms with Gasteiger partial charge in [-0.3, -0.25) is 19.2 Å². The average Bonchev–Trinajstić information content (AvgIpc) is 2.87. The van der Waals surface area contributed by atoms with Crippen molar-refractivity contribution in [3.8, 4) is 5.75 Å². The molecule has 0 saturated heterocycles. The third-order valence-electron chi connectivity index (χ3n) is 10.7. The molecule has 8 heteroatoms. The normalized spacial score (nSPS) is 35.5. The van der Waals surface area contributed by atoms with Gasteiger partial charge in [0.05, 0.1) is 24.2 Å². The Labute approximate surface area is 234 Å². The van der Waals surface area contributed by atoms with Crippen molar-refractivity contribution in [2.45, 2.75) is 66.9 Å². The minimum absolute atomic E-state index is 0.0723. The summed E-state index contributed by atoms with van der Waals surface area (Å²) in [5.41, 5.74) is -3.94. The molecule has 4 rings (SSSR count). The number of phenols is 1. The summed E-state index contributed by atoms with van der Waals surface area (Å²) in [6, 6.07) is 3.31. The SMILES string of the molecule is COC(=O)C=Cc1ccc2c(c1O)C(=O)C1C(=O)[C@]3(O)C(=O)C(C(C)=O)=C(C)[C@@H](C(C)C)[C@]3(C)[C@@H](C)[C@]1(C)[C@H]2C. The van der Waals surface area contributed by atoms with Gasteiger partial charge in [-0.05, 0) is 54.6 Å². The molecule has 214 valence electrons. The molecular weight excluding hydrogens is 512 g/mol. The van der Waals surface area contributed by atoms with E-state index in [1.54, 1.807) is 26.0 Å². The fourth-order valence-corrected chi connectivity index (χ4v) is 8.52. The number of benzene rings is 1. The number of hydrogen-bond donors (Lipinski definition) is 2. The molecule has 1 saturated carbocycles. The van der Waals surface area contributed by atoms with Crippen LogP contribution >= 0.6 is 0 Å². The van der Waals surface area contributed by atoms with Crippen LogP contribution in [0.25, 0.3) is 6.08 Å². The van der Waals surface area contributed by atoms with Gasteiger partial charge in [0.15, 0.2) is 23.0 Å². The topological polar surface area (TPSA) is 135 Å². The molecule has 0 spiro atoms. The summed E-state index contributed by atoms with van der Waals surface area (Å²) in [4.78, 5) is 67.1. The summed E-state index contributed by atoms with van der Waals surface area (Å²) >= 11 is 0. The van der Waals surface area contributed by atoms with Gasteiger partial charge in [-0.15, -0.1) is 0 Å². The van der Waals surface area contributed by atoms with Crippen LogP contribution < -0.4 is 0 Å². The number of ketones is 4. The number of rotatable bonds is 4. The van der Waals surface area contributed by atoms with Crippen LogP contribution in [0.15, 0.2) is 29.4 Å². The second-order valence-corrected chi connectivity index (χ2v) is 12.5. The highest BCUT2D eigenvalue weighted by Crippen LogP contribution is 2.69. The molecule has 0 aliphatic heterocycles. The Kier molecular flexibility index (Phi) is 6.90. The molecule has 0 amide bonds. The second-order valence-electron chi connectivity index (χ2n) is 12.5. The Balaban J connectivity index is 2.02. The number of fused-ring (bicyclic) bond motifs is 3. The summed E-state index contributed by atoms with van der Waals surface area (Å²) in [5, 5.41) is 23.5. The molecule has 0 radical (unpaired) electrons. The Morgan fingerprint density at radius 3 is 2.23 bits per heavy atom. The predicted octanol–water partition coefficient (Wildman–Crippen LogP) is 4.22. The summed E-state index contributed by atoms with van der Waals surface area (Å²) in [6.07, 6.45) is 2.42. The number of carbonyl (C=O) groups excluding carboxylic acids is 5. The first kappa shape index (κ1) is 29.6. The highest BCUT2D eigenvalue weighted by molar-refractivity contribution is 6.33. The Hall–Kier alpha value is -3.39. The fourth-order valence-electron chi connectivity index (χ4n) is 8.52. The monoisotopic (exact) mass is 550 g/mol. The van der Waals surface area contributed by atoms with Crippen molar-refractivity contribution in [3.63, 3.8) is 0 Å². The maximum atomic E-state index is 14.6. The van der Waals surface area contributed by atoms with E-state index >= 15 is 0 Å². The molecule has 40 heavy (non-hydrogen) atoms. The van der Waals surface area contributed by atoms with Crippen molar-refractivity contribution in [1.82, 2.24) is 0 Å². The number of phenolic OH excluding ortho intramolecular Hbond substituents is 1. The number of carbonyl (C=O) groups is 5. The highest BCUT2D eigenvalue weighted by Gasteiger charge is 2.77. The third-order valence-corrected chi connectivity index (χ3v) is 10.7. The van der Waals surface area contributed by atoms with Crippen LogP contribution in [-0.4, -0.2) is 52.0 Å². The van der Waals surface area contributed by atoms with Gasteiger partial charge in [0.2, 0.25) is 5.78 Å². The largest absolute Gasteiger partial charge is 0.507 e. The van der Waals surface area contributed by atoms with Crippen molar-refractivity contribution in [3.05, 3.63) is 46.0 Å². The molecule has 1 aromatic carbocycles. The van der Waals surface area contributed by atoms with Crippen LogP contribution in [0.5, 0.6) is 5.75 Å². The van der Waals surface area contributed by atoms with Gasteiger partial charge in [0.25, 0.3) is 0 Å². The van der Waals surface area contributed by atoms with E-state index in [-0.39, 0.29) is 22.6 Å². The van der Waals surface area contributed by atoms with E-state index in [4.69, 9.17) is 0 Å². The van der Waals surface area contributed by atoms with E-state index < -0.39 is 75.0 Å². The van der Waals surface area contributed by atoms with Gasteiger partial charge in [0.1, 0.15) is 5.75 Å². The quantitative estimate of drug-likeness (QED) is 0.246. The number of aliphatic hydroxyl groups is 1. The van der Waals surface area contributed by atoms with Crippen LogP contribution in [0.4, 0.5) is 0 Å². The molecule has 3 aliphatic carbocycles. The van der Waals surface area contributed by atoms with Gasteiger partial charge >= 0.3 is 5.97 Å². The smallest absolute Gasteiger partial charge is 0.330 e. The van der Waals surface area contributed by atoms with Crippen molar-refractivity contribution >= 4 is 35.2 Å². The molecule has 3 aliphatic rings. The first-order chi connectivity index (χ1) is 18.4. The summed E-state index contributed by atoms with van der Waals surface area (Å²) in [5.74, 6) is -7.22. The van der Waals surface area contributed by atoms with Gasteiger partial charge < -0.3 is 14.9 Å². The summed E-state index contributed by atoms with van der Waals surface area (Å²) < 4.78 is 4.61. The maximum absolute atomic E-state index is 14.6. The fraction of sp³-hybridized carbons (Fsp3) is 0.531. The maximum Gasteiger partial charge on any atom is 0.330 e. The van der Waals surface area contributed by atoms with Crippen LogP contribution in [-0.2, 0) is 23.9 Å². The Morgan fingerprint density at radius 1 is 1.10 bits per heavy atom. The minimum atomic E-state index is -2.61. The number of Topliss-reactive ketones (excluding diaryl/α,β-unsaturated/α-hetero) is 4. The number of ether oxygens (including phenoxy) is 1. The molecule has 1 fully saturated rings. The van der Waals surface area contributed by atoms with E-state index in [1.165, 1.54) is 20.1 Å². The van der Waals surface area contributed by atoms with Crippen LogP contribution in [0.3, 0.4) is 0 Å². The summed E-state index contributed by atoms with van der Waals surface area (Å²) in [6.45, 7) is 14.2. The lowest BCUT2D eigenvalue weighted by atomic mass is 9.35. The van der Waals surface area contributed by atoms with Crippen LogP contribution in [0.1, 0.15) is 82.8 Å².